The van der Waals surface area contributed by atoms with Crippen LogP contribution in [-0.2, 0) is 0 Å². The maximum Gasteiger partial charge on any atom is 0.270 e. The number of benzene rings is 1. The van der Waals surface area contributed by atoms with Crippen LogP contribution in [0.4, 0.5) is 5.95 Å². The molecule has 148 valence electrons. The molecule has 0 aliphatic rings. The Kier molecular flexibility index (Phi) is 4.13. The zero-order valence-corrected chi connectivity index (χ0v) is 16.0. The van der Waals surface area contributed by atoms with Crippen molar-refractivity contribution in [3.63, 3.8) is 0 Å². The quantitative estimate of drug-likeness (QED) is 0.476. The highest BCUT2D eigenvalue weighted by atomic mass is 16.3. The minimum absolute atomic E-state index is 0.0550. The lowest BCUT2D eigenvalue weighted by Crippen LogP contribution is -2.28. The molecule has 1 aromatic carbocycles. The number of carbonyl (C=O) groups excluding carboxylic acids is 1. The van der Waals surface area contributed by atoms with Crippen molar-refractivity contribution in [3.8, 4) is 11.6 Å². The summed E-state index contributed by atoms with van der Waals surface area (Å²) in [6, 6.07) is 16.4. The molecule has 0 fully saturated rings. The van der Waals surface area contributed by atoms with Gasteiger partial charge in [0.25, 0.3) is 5.91 Å². The van der Waals surface area contributed by atoms with Gasteiger partial charge in [0.1, 0.15) is 5.69 Å². The van der Waals surface area contributed by atoms with E-state index in [4.69, 9.17) is 10.2 Å². The molecule has 0 aliphatic heterocycles. The first-order valence-electron chi connectivity index (χ1n) is 9.32. The van der Waals surface area contributed by atoms with Gasteiger partial charge in [0.15, 0.2) is 11.4 Å². The predicted octanol–water partition coefficient (Wildman–Crippen LogP) is 3.01. The van der Waals surface area contributed by atoms with Crippen molar-refractivity contribution in [1.82, 2.24) is 29.9 Å². The highest BCUT2D eigenvalue weighted by molar-refractivity contribution is 5.93. The number of para-hydroxylation sites is 1. The third-order valence-electron chi connectivity index (χ3n) is 4.74. The Morgan fingerprint density at radius 3 is 2.80 bits per heavy atom. The second kappa shape index (κ2) is 6.96. The number of carbonyl (C=O) groups is 1. The monoisotopic (exact) mass is 399 g/mol. The Morgan fingerprint density at radius 2 is 1.97 bits per heavy atom. The van der Waals surface area contributed by atoms with E-state index in [9.17, 15) is 4.79 Å². The molecule has 9 heteroatoms. The smallest absolute Gasteiger partial charge is 0.270 e. The SMILES string of the molecule is CC(NC(=O)c1cc2nc(-c3ccco3)nn2c(N)n1)c1ccc2ccccc2n1. The summed E-state index contributed by atoms with van der Waals surface area (Å²) in [5.74, 6) is 0.536. The van der Waals surface area contributed by atoms with Gasteiger partial charge in [-0.25, -0.2) is 9.97 Å². The van der Waals surface area contributed by atoms with Crippen LogP contribution in [-0.4, -0.2) is 30.5 Å². The summed E-state index contributed by atoms with van der Waals surface area (Å²) in [5, 5.41) is 8.22. The lowest BCUT2D eigenvalue weighted by Gasteiger charge is -2.14. The molecule has 1 unspecified atom stereocenters. The number of nitrogens with zero attached hydrogens (tertiary/aromatic N) is 5. The number of anilines is 1. The molecule has 3 N–H and O–H groups in total. The van der Waals surface area contributed by atoms with Crippen LogP contribution in [0.1, 0.15) is 29.1 Å². The molecule has 9 nitrogen and oxygen atoms in total. The number of furan rings is 1. The molecular formula is C21H17N7O2. The van der Waals surface area contributed by atoms with Crippen molar-refractivity contribution in [3.05, 3.63) is 72.2 Å². The van der Waals surface area contributed by atoms with E-state index in [-0.39, 0.29) is 23.6 Å². The van der Waals surface area contributed by atoms with Crippen molar-refractivity contribution >= 4 is 28.4 Å². The number of hydrogen-bond donors (Lipinski definition) is 2. The third kappa shape index (κ3) is 3.12. The molecule has 1 atom stereocenters. The molecule has 4 aromatic heterocycles. The highest BCUT2D eigenvalue weighted by Crippen LogP contribution is 2.19. The van der Waals surface area contributed by atoms with Crippen LogP contribution < -0.4 is 11.1 Å². The van der Waals surface area contributed by atoms with Crippen molar-refractivity contribution in [2.24, 2.45) is 0 Å². The molecule has 0 aliphatic carbocycles. The number of pyridine rings is 1. The summed E-state index contributed by atoms with van der Waals surface area (Å²) >= 11 is 0. The van der Waals surface area contributed by atoms with Crippen molar-refractivity contribution in [2.45, 2.75) is 13.0 Å². The van der Waals surface area contributed by atoms with Crippen LogP contribution >= 0.6 is 0 Å². The fraction of sp³-hybridized carbons (Fsp3) is 0.0952. The molecule has 0 spiro atoms. The van der Waals surface area contributed by atoms with E-state index in [1.54, 1.807) is 12.1 Å². The molecule has 0 saturated carbocycles. The van der Waals surface area contributed by atoms with Crippen LogP contribution in [0, 0.1) is 0 Å². The standard InChI is InChI=1S/C21H17N7O2/c1-12(14-9-8-13-5-2-3-6-15(13)24-14)23-20(29)16-11-18-26-19(17-7-4-10-30-17)27-28(18)21(22)25-16/h2-12H,1H3,(H2,22,25)(H,23,29). The molecule has 4 heterocycles. The van der Waals surface area contributed by atoms with E-state index in [0.29, 0.717) is 17.2 Å². The highest BCUT2D eigenvalue weighted by Gasteiger charge is 2.18. The zero-order chi connectivity index (χ0) is 20.7. The fourth-order valence-electron chi connectivity index (χ4n) is 3.21. The van der Waals surface area contributed by atoms with E-state index in [1.807, 2.05) is 43.3 Å². The molecule has 5 aromatic rings. The largest absolute Gasteiger partial charge is 0.461 e. The van der Waals surface area contributed by atoms with Crippen LogP contribution in [0.25, 0.3) is 28.1 Å². The maximum absolute atomic E-state index is 12.8. The van der Waals surface area contributed by atoms with Gasteiger partial charge in [-0.2, -0.15) is 4.52 Å². The fourth-order valence-corrected chi connectivity index (χ4v) is 3.21. The summed E-state index contributed by atoms with van der Waals surface area (Å²) in [7, 11) is 0. The molecule has 0 radical (unpaired) electrons. The summed E-state index contributed by atoms with van der Waals surface area (Å²) in [6.07, 6.45) is 1.53. The number of nitrogen functional groups attached to an aromatic ring is 1. The minimum atomic E-state index is -0.380. The van der Waals surface area contributed by atoms with Gasteiger partial charge in [-0.15, -0.1) is 5.10 Å². The zero-order valence-electron chi connectivity index (χ0n) is 16.0. The van der Waals surface area contributed by atoms with Crippen LogP contribution in [0.15, 0.2) is 65.3 Å². The molecule has 0 bridgehead atoms. The van der Waals surface area contributed by atoms with Gasteiger partial charge < -0.3 is 15.5 Å². The number of nitrogens with one attached hydrogen (secondary N) is 1. The number of aromatic nitrogens is 5. The van der Waals surface area contributed by atoms with E-state index in [1.165, 1.54) is 16.8 Å². The normalized spacial score (nSPS) is 12.3. The first kappa shape index (κ1) is 17.8. The number of rotatable bonds is 4. The summed E-state index contributed by atoms with van der Waals surface area (Å²) in [4.78, 5) is 26.0. The average Bonchev–Trinajstić information content (AvgIpc) is 3.43. The second-order valence-corrected chi connectivity index (χ2v) is 6.81. The molecule has 5 rings (SSSR count). The molecule has 1 amide bonds. The number of amides is 1. The van der Waals surface area contributed by atoms with E-state index >= 15 is 0 Å². The average molecular weight is 399 g/mol. The number of hydrogen-bond acceptors (Lipinski definition) is 7. The lowest BCUT2D eigenvalue weighted by molar-refractivity contribution is 0.0934. The number of fused-ring (bicyclic) bond motifs is 2. The molecule has 30 heavy (non-hydrogen) atoms. The van der Waals surface area contributed by atoms with E-state index in [0.717, 1.165) is 16.6 Å². The van der Waals surface area contributed by atoms with E-state index in [2.05, 4.69) is 25.4 Å². The van der Waals surface area contributed by atoms with Crippen molar-refractivity contribution < 1.29 is 9.21 Å². The van der Waals surface area contributed by atoms with Crippen molar-refractivity contribution in [2.75, 3.05) is 5.73 Å². The van der Waals surface area contributed by atoms with Gasteiger partial charge in [-0.3, -0.25) is 9.78 Å². The predicted molar refractivity (Wildman–Crippen MR) is 111 cm³/mol. The Bertz CT molecular complexity index is 1380. The van der Waals surface area contributed by atoms with Crippen LogP contribution in [0.2, 0.25) is 0 Å². The van der Waals surface area contributed by atoms with Gasteiger partial charge in [0, 0.05) is 11.5 Å². The van der Waals surface area contributed by atoms with Gasteiger partial charge in [-0.1, -0.05) is 24.3 Å². The minimum Gasteiger partial charge on any atom is -0.461 e. The third-order valence-corrected chi connectivity index (χ3v) is 4.74. The Labute approximate surface area is 170 Å². The lowest BCUT2D eigenvalue weighted by atomic mass is 10.1. The van der Waals surface area contributed by atoms with E-state index < -0.39 is 0 Å². The Hall–Kier alpha value is -4.27. The Balaban J connectivity index is 1.42. The summed E-state index contributed by atoms with van der Waals surface area (Å²) in [5.41, 5.74) is 8.15. The molecule has 0 saturated heterocycles. The first-order chi connectivity index (χ1) is 14.6. The van der Waals surface area contributed by atoms with Crippen molar-refractivity contribution in [1.29, 1.82) is 0 Å². The molecular weight excluding hydrogens is 382 g/mol. The first-order valence-corrected chi connectivity index (χ1v) is 9.32. The topological polar surface area (TPSA) is 124 Å². The van der Waals surface area contributed by atoms with Gasteiger partial charge >= 0.3 is 0 Å². The van der Waals surface area contributed by atoms with Gasteiger partial charge in [0.2, 0.25) is 11.8 Å². The maximum atomic E-state index is 12.8. The summed E-state index contributed by atoms with van der Waals surface area (Å²) in [6.45, 7) is 1.86. The summed E-state index contributed by atoms with van der Waals surface area (Å²) < 4.78 is 6.68. The van der Waals surface area contributed by atoms with Crippen LogP contribution in [0.5, 0.6) is 0 Å². The second-order valence-electron chi connectivity index (χ2n) is 6.81. The Morgan fingerprint density at radius 1 is 1.10 bits per heavy atom. The van der Waals surface area contributed by atoms with Gasteiger partial charge in [0.05, 0.1) is 23.5 Å². The number of nitrogens with two attached hydrogens (primary N) is 1. The van der Waals surface area contributed by atoms with Gasteiger partial charge in [-0.05, 0) is 31.2 Å². The van der Waals surface area contributed by atoms with Crippen LogP contribution in [0.3, 0.4) is 0 Å².